The van der Waals surface area contributed by atoms with E-state index >= 15 is 0 Å². The van der Waals surface area contributed by atoms with Crippen LogP contribution in [0.2, 0.25) is 5.02 Å². The molecule has 0 radical (unpaired) electrons. The summed E-state index contributed by atoms with van der Waals surface area (Å²) in [5.74, 6) is -0.975. The zero-order valence-electron chi connectivity index (χ0n) is 10.1. The summed E-state index contributed by atoms with van der Waals surface area (Å²) in [6.07, 6.45) is 0.896. The van der Waals surface area contributed by atoms with Crippen LogP contribution >= 0.6 is 22.9 Å². The van der Waals surface area contributed by atoms with Gasteiger partial charge in [-0.05, 0) is 30.7 Å². The molecule has 0 saturated carbocycles. The minimum Gasteiger partial charge on any atom is -0.476 e. The first-order valence-corrected chi connectivity index (χ1v) is 7.04. The van der Waals surface area contributed by atoms with E-state index in [0.29, 0.717) is 6.54 Å². The maximum absolute atomic E-state index is 10.7. The molecular formula is C13H13ClN2O2S. The molecule has 6 heteroatoms. The van der Waals surface area contributed by atoms with Gasteiger partial charge in [-0.15, -0.1) is 11.3 Å². The number of carboxylic acid groups (broad SMARTS) is 1. The minimum absolute atomic E-state index is 0.134. The van der Waals surface area contributed by atoms with Crippen molar-refractivity contribution >= 4 is 28.9 Å². The minimum atomic E-state index is -0.975. The third kappa shape index (κ3) is 4.31. The molecule has 19 heavy (non-hydrogen) atoms. The number of hydrogen-bond donors (Lipinski definition) is 2. The summed E-state index contributed by atoms with van der Waals surface area (Å²) in [4.78, 5) is 14.7. The van der Waals surface area contributed by atoms with Gasteiger partial charge in [-0.3, -0.25) is 0 Å². The molecule has 2 rings (SSSR count). The molecule has 100 valence electrons. The molecule has 0 saturated heterocycles. The van der Waals surface area contributed by atoms with Crippen LogP contribution in [0.5, 0.6) is 0 Å². The molecule has 0 aliphatic heterocycles. The highest BCUT2D eigenvalue weighted by Gasteiger charge is 2.08. The summed E-state index contributed by atoms with van der Waals surface area (Å²) in [6.45, 7) is 1.39. The topological polar surface area (TPSA) is 62.2 Å². The van der Waals surface area contributed by atoms with Crippen molar-refractivity contribution < 1.29 is 9.90 Å². The first-order valence-electron chi connectivity index (χ1n) is 5.78. The summed E-state index contributed by atoms with van der Waals surface area (Å²) in [7, 11) is 0. The highest BCUT2D eigenvalue weighted by atomic mass is 35.5. The first-order chi connectivity index (χ1) is 9.15. The molecule has 0 aliphatic rings. The van der Waals surface area contributed by atoms with Crippen LogP contribution in [0.4, 0.5) is 0 Å². The fraction of sp³-hybridized carbons (Fsp3) is 0.231. The number of nitrogens with one attached hydrogen (secondary N) is 1. The lowest BCUT2D eigenvalue weighted by Gasteiger charge is -2.03. The van der Waals surface area contributed by atoms with Crippen LogP contribution < -0.4 is 5.32 Å². The van der Waals surface area contributed by atoms with Crippen LogP contribution in [0, 0.1) is 0 Å². The van der Waals surface area contributed by atoms with Crippen molar-refractivity contribution in [3.63, 3.8) is 0 Å². The number of halogens is 1. The third-order valence-corrected chi connectivity index (χ3v) is 3.68. The Bertz CT molecular complexity index is 554. The fourth-order valence-electron chi connectivity index (χ4n) is 1.59. The lowest BCUT2D eigenvalue weighted by Crippen LogP contribution is -2.17. The van der Waals surface area contributed by atoms with E-state index in [2.05, 4.69) is 10.3 Å². The normalized spacial score (nSPS) is 10.6. The van der Waals surface area contributed by atoms with Gasteiger partial charge in [0.2, 0.25) is 5.01 Å². The Labute approximate surface area is 120 Å². The van der Waals surface area contributed by atoms with E-state index < -0.39 is 5.97 Å². The Morgan fingerprint density at radius 2 is 2.11 bits per heavy atom. The Morgan fingerprint density at radius 1 is 1.37 bits per heavy atom. The van der Waals surface area contributed by atoms with E-state index in [1.807, 2.05) is 24.3 Å². The number of carbonyl (C=O) groups is 1. The van der Waals surface area contributed by atoms with Crippen LogP contribution in [-0.2, 0) is 13.0 Å². The highest BCUT2D eigenvalue weighted by molar-refractivity contribution is 7.11. The number of aromatic carboxylic acids is 1. The van der Waals surface area contributed by atoms with Gasteiger partial charge in [-0.2, -0.15) is 0 Å². The molecule has 1 aromatic carbocycles. The number of hydrogen-bond acceptors (Lipinski definition) is 4. The number of thiazole rings is 1. The molecule has 0 atom stereocenters. The standard InChI is InChI=1S/C13H13ClN2O2S/c14-10-3-1-9(2-4-10)5-6-15-7-11-8-19-12(16-11)13(17)18/h1-4,8,15H,5-7H2,(H,17,18). The van der Waals surface area contributed by atoms with E-state index in [9.17, 15) is 4.79 Å². The number of carboxylic acids is 1. The molecule has 0 bridgehead atoms. The summed E-state index contributed by atoms with van der Waals surface area (Å²) in [6, 6.07) is 7.73. The molecule has 0 aliphatic carbocycles. The summed E-state index contributed by atoms with van der Waals surface area (Å²) >= 11 is 6.96. The predicted octanol–water partition coefficient (Wildman–Crippen LogP) is 2.83. The third-order valence-electron chi connectivity index (χ3n) is 2.54. The Balaban J connectivity index is 1.74. The molecule has 1 aromatic heterocycles. The van der Waals surface area contributed by atoms with Gasteiger partial charge in [0.15, 0.2) is 0 Å². The van der Waals surface area contributed by atoms with Crippen molar-refractivity contribution in [3.05, 3.63) is 50.9 Å². The lowest BCUT2D eigenvalue weighted by molar-refractivity contribution is 0.0696. The van der Waals surface area contributed by atoms with Gasteiger partial charge in [0.25, 0.3) is 0 Å². The molecule has 0 amide bonds. The van der Waals surface area contributed by atoms with E-state index in [1.165, 1.54) is 5.56 Å². The highest BCUT2D eigenvalue weighted by Crippen LogP contribution is 2.10. The zero-order chi connectivity index (χ0) is 13.7. The molecule has 0 unspecified atom stereocenters. The van der Waals surface area contributed by atoms with Crippen molar-refractivity contribution in [2.45, 2.75) is 13.0 Å². The SMILES string of the molecule is O=C(O)c1nc(CNCCc2ccc(Cl)cc2)cs1. The Morgan fingerprint density at radius 3 is 2.74 bits per heavy atom. The van der Waals surface area contributed by atoms with Crippen LogP contribution in [-0.4, -0.2) is 22.6 Å². The quantitative estimate of drug-likeness (QED) is 0.805. The monoisotopic (exact) mass is 296 g/mol. The van der Waals surface area contributed by atoms with Gasteiger partial charge in [0, 0.05) is 16.9 Å². The second-order valence-electron chi connectivity index (χ2n) is 4.00. The number of benzene rings is 1. The van der Waals surface area contributed by atoms with Crippen LogP contribution in [0.1, 0.15) is 21.1 Å². The largest absolute Gasteiger partial charge is 0.476 e. The van der Waals surface area contributed by atoms with Crippen LogP contribution in [0.15, 0.2) is 29.6 Å². The smallest absolute Gasteiger partial charge is 0.365 e. The number of rotatable bonds is 6. The summed E-state index contributed by atoms with van der Waals surface area (Å²) in [5, 5.41) is 14.6. The van der Waals surface area contributed by atoms with Crippen molar-refractivity contribution in [1.82, 2.24) is 10.3 Å². The number of aromatic nitrogens is 1. The zero-order valence-corrected chi connectivity index (χ0v) is 11.7. The Hall–Kier alpha value is -1.43. The Kier molecular flexibility index (Phi) is 4.90. The van der Waals surface area contributed by atoms with Gasteiger partial charge in [0.1, 0.15) is 0 Å². The maximum atomic E-state index is 10.7. The molecule has 1 heterocycles. The lowest BCUT2D eigenvalue weighted by atomic mass is 10.1. The van der Waals surface area contributed by atoms with Crippen molar-refractivity contribution in [2.75, 3.05) is 6.54 Å². The number of nitrogens with zero attached hydrogens (tertiary/aromatic N) is 1. The van der Waals surface area contributed by atoms with E-state index in [4.69, 9.17) is 16.7 Å². The molecule has 2 aromatic rings. The van der Waals surface area contributed by atoms with E-state index in [0.717, 1.165) is 35.0 Å². The van der Waals surface area contributed by atoms with Crippen molar-refractivity contribution in [1.29, 1.82) is 0 Å². The van der Waals surface area contributed by atoms with E-state index in [-0.39, 0.29) is 5.01 Å². The summed E-state index contributed by atoms with van der Waals surface area (Å²) < 4.78 is 0. The fourth-order valence-corrected chi connectivity index (χ4v) is 2.37. The second kappa shape index (κ2) is 6.65. The molecule has 0 spiro atoms. The first kappa shape index (κ1) is 14.0. The average Bonchev–Trinajstić information content (AvgIpc) is 2.86. The summed E-state index contributed by atoms with van der Waals surface area (Å²) in [5.41, 5.74) is 1.97. The van der Waals surface area contributed by atoms with Crippen molar-refractivity contribution in [2.24, 2.45) is 0 Å². The van der Waals surface area contributed by atoms with E-state index in [1.54, 1.807) is 5.38 Å². The molecule has 2 N–H and O–H groups in total. The average molecular weight is 297 g/mol. The van der Waals surface area contributed by atoms with Gasteiger partial charge >= 0.3 is 5.97 Å². The van der Waals surface area contributed by atoms with Gasteiger partial charge in [-0.25, -0.2) is 9.78 Å². The van der Waals surface area contributed by atoms with Crippen LogP contribution in [0.25, 0.3) is 0 Å². The second-order valence-corrected chi connectivity index (χ2v) is 5.30. The van der Waals surface area contributed by atoms with Crippen molar-refractivity contribution in [3.8, 4) is 0 Å². The molecule has 4 nitrogen and oxygen atoms in total. The maximum Gasteiger partial charge on any atom is 0.365 e. The van der Waals surface area contributed by atoms with Crippen LogP contribution in [0.3, 0.4) is 0 Å². The molecular weight excluding hydrogens is 284 g/mol. The van der Waals surface area contributed by atoms with Gasteiger partial charge < -0.3 is 10.4 Å². The van der Waals surface area contributed by atoms with Gasteiger partial charge in [0.05, 0.1) is 5.69 Å². The molecule has 0 fully saturated rings. The van der Waals surface area contributed by atoms with Gasteiger partial charge in [-0.1, -0.05) is 23.7 Å². The predicted molar refractivity (Wildman–Crippen MR) is 75.9 cm³/mol.